The normalized spacial score (nSPS) is 17.0. The lowest BCUT2D eigenvalue weighted by Gasteiger charge is -2.34. The topological polar surface area (TPSA) is 118 Å². The van der Waals surface area contributed by atoms with Crippen LogP contribution in [-0.2, 0) is 20.9 Å². The van der Waals surface area contributed by atoms with E-state index in [2.05, 4.69) is 11.9 Å². The molecule has 2 aliphatic rings. The molecule has 1 saturated carbocycles. The van der Waals surface area contributed by atoms with Crippen molar-refractivity contribution in [2.45, 2.75) is 110 Å². The Morgan fingerprint density at radius 3 is 2.65 bits per heavy atom. The molecule has 1 aromatic rings. The minimum Gasteiger partial charge on any atom is -0.463 e. The molecule has 0 bridgehead atoms. The maximum Gasteiger partial charge on any atom is 0.326 e. The van der Waals surface area contributed by atoms with Gasteiger partial charge in [-0.05, 0) is 46.1 Å². The predicted molar refractivity (Wildman–Crippen MR) is 143 cm³/mol. The molecule has 9 nitrogen and oxygen atoms in total. The number of ether oxygens (including phenoxy) is 2. The summed E-state index contributed by atoms with van der Waals surface area (Å²) >= 11 is 0. The Kier molecular flexibility index (Phi) is 10.2. The molecule has 1 amide bonds. The molecule has 1 aromatic carbocycles. The average Bonchev–Trinajstić information content (AvgIpc) is 2.83. The lowest BCUT2D eigenvalue weighted by atomic mass is 9.93. The van der Waals surface area contributed by atoms with E-state index in [1.54, 1.807) is 11.0 Å². The fraction of sp³-hybridized carbons (Fsp3) is 0.679. The van der Waals surface area contributed by atoms with E-state index in [0.717, 1.165) is 37.8 Å². The van der Waals surface area contributed by atoms with E-state index in [-0.39, 0.29) is 37.2 Å². The first-order chi connectivity index (χ1) is 17.6. The predicted octanol–water partition coefficient (Wildman–Crippen LogP) is 4.23. The zero-order valence-corrected chi connectivity index (χ0v) is 22.9. The molecule has 0 radical (unpaired) electrons. The third-order valence-corrected chi connectivity index (χ3v) is 6.69. The zero-order valence-electron chi connectivity index (χ0n) is 22.9. The molecule has 3 N–H and O–H groups in total. The van der Waals surface area contributed by atoms with E-state index >= 15 is 0 Å². The minimum atomic E-state index is -1.15. The van der Waals surface area contributed by atoms with Crippen LogP contribution in [0.3, 0.4) is 0 Å². The first-order valence-electron chi connectivity index (χ1n) is 13.6. The molecule has 1 aliphatic carbocycles. The highest BCUT2D eigenvalue weighted by Crippen LogP contribution is 2.36. The number of aliphatic imine (C=N–C) groups is 1. The summed E-state index contributed by atoms with van der Waals surface area (Å²) in [4.78, 5) is 33.5. The van der Waals surface area contributed by atoms with Gasteiger partial charge in [-0.3, -0.25) is 9.59 Å². The van der Waals surface area contributed by atoms with Crippen molar-refractivity contribution in [3.8, 4) is 5.75 Å². The summed E-state index contributed by atoms with van der Waals surface area (Å²) in [5, 5.41) is 10.6. The number of carbonyl (C=O) groups excluding carboxylic acids is 2. The maximum absolute atomic E-state index is 13.1. The Labute approximate surface area is 221 Å². The number of aliphatic hydroxyl groups is 1. The van der Waals surface area contributed by atoms with Crippen molar-refractivity contribution in [3.63, 3.8) is 0 Å². The molecule has 9 heteroatoms. The van der Waals surface area contributed by atoms with Crippen LogP contribution in [0.4, 0.5) is 5.69 Å². The van der Waals surface area contributed by atoms with Crippen molar-refractivity contribution in [2.24, 2.45) is 10.7 Å². The number of guanidine groups is 1. The smallest absolute Gasteiger partial charge is 0.326 e. The van der Waals surface area contributed by atoms with Crippen molar-refractivity contribution in [1.82, 2.24) is 9.80 Å². The maximum atomic E-state index is 13.1. The van der Waals surface area contributed by atoms with E-state index in [4.69, 9.17) is 15.2 Å². The van der Waals surface area contributed by atoms with Crippen LogP contribution in [0.1, 0.15) is 91.0 Å². The first kappa shape index (κ1) is 28.8. The lowest BCUT2D eigenvalue weighted by molar-refractivity contribution is -0.155. The minimum absolute atomic E-state index is 0.0165. The summed E-state index contributed by atoms with van der Waals surface area (Å²) in [7, 11) is 0. The summed E-state index contributed by atoms with van der Waals surface area (Å²) in [6.07, 6.45) is 7.02. The number of amides is 1. The number of para-hydroxylation sites is 1. The lowest BCUT2D eigenvalue weighted by Crippen LogP contribution is -2.43. The number of esters is 1. The van der Waals surface area contributed by atoms with Gasteiger partial charge in [-0.25, -0.2) is 4.99 Å². The molecule has 0 saturated heterocycles. The molecule has 0 spiro atoms. The van der Waals surface area contributed by atoms with Crippen LogP contribution in [0.15, 0.2) is 23.2 Å². The van der Waals surface area contributed by atoms with Gasteiger partial charge in [-0.1, -0.05) is 44.7 Å². The molecule has 37 heavy (non-hydrogen) atoms. The summed E-state index contributed by atoms with van der Waals surface area (Å²) in [6, 6.07) is 5.73. The summed E-state index contributed by atoms with van der Waals surface area (Å²) in [6.45, 7) is 8.70. The largest absolute Gasteiger partial charge is 0.463 e. The first-order valence-corrected chi connectivity index (χ1v) is 13.6. The van der Waals surface area contributed by atoms with Gasteiger partial charge in [0.1, 0.15) is 23.6 Å². The molecule has 1 atom stereocenters. The van der Waals surface area contributed by atoms with E-state index < -0.39 is 11.9 Å². The van der Waals surface area contributed by atoms with Gasteiger partial charge in [-0.2, -0.15) is 0 Å². The fourth-order valence-electron chi connectivity index (χ4n) is 4.88. The summed E-state index contributed by atoms with van der Waals surface area (Å²) < 4.78 is 11.2. The number of carbonyl (C=O) groups is 2. The Bertz CT molecular complexity index is 952. The third kappa shape index (κ3) is 8.62. The van der Waals surface area contributed by atoms with Crippen molar-refractivity contribution >= 4 is 23.5 Å². The molecule has 1 fully saturated rings. The second-order valence-corrected chi connectivity index (χ2v) is 11.0. The van der Waals surface area contributed by atoms with Crippen molar-refractivity contribution in [3.05, 3.63) is 23.8 Å². The van der Waals surface area contributed by atoms with Crippen LogP contribution < -0.4 is 10.5 Å². The highest BCUT2D eigenvalue weighted by Gasteiger charge is 2.27. The summed E-state index contributed by atoms with van der Waals surface area (Å²) in [5.41, 5.74) is 6.91. The number of nitrogens with two attached hydrogens (primary N) is 1. The number of aliphatic hydroxyl groups excluding tert-OH is 1. The van der Waals surface area contributed by atoms with Gasteiger partial charge in [0.15, 0.2) is 12.2 Å². The second kappa shape index (κ2) is 13.1. The molecular weight excluding hydrogens is 472 g/mol. The number of rotatable bonds is 11. The van der Waals surface area contributed by atoms with Crippen LogP contribution in [0.2, 0.25) is 0 Å². The van der Waals surface area contributed by atoms with Crippen LogP contribution in [-0.4, -0.2) is 63.8 Å². The Balaban J connectivity index is 1.59. The van der Waals surface area contributed by atoms with Crippen molar-refractivity contribution < 1.29 is 24.2 Å². The monoisotopic (exact) mass is 516 g/mol. The van der Waals surface area contributed by atoms with Gasteiger partial charge in [0.2, 0.25) is 5.91 Å². The highest BCUT2D eigenvalue weighted by molar-refractivity contribution is 5.88. The van der Waals surface area contributed by atoms with Crippen molar-refractivity contribution in [2.75, 3.05) is 13.1 Å². The number of hydrogen-bond acceptors (Lipinski definition) is 8. The molecule has 0 aromatic heterocycles. The third-order valence-electron chi connectivity index (χ3n) is 6.69. The molecular formula is C28H44N4O5. The summed E-state index contributed by atoms with van der Waals surface area (Å²) in [5.74, 6) is 0.270. The molecule has 1 heterocycles. The molecule has 206 valence electrons. The van der Waals surface area contributed by atoms with Gasteiger partial charge in [0, 0.05) is 37.5 Å². The number of fused-ring (bicyclic) bond motifs is 1. The van der Waals surface area contributed by atoms with Gasteiger partial charge in [0.05, 0.1) is 0 Å². The van der Waals surface area contributed by atoms with Crippen LogP contribution >= 0.6 is 0 Å². The van der Waals surface area contributed by atoms with Gasteiger partial charge < -0.3 is 30.1 Å². The molecule has 3 rings (SSSR count). The average molecular weight is 517 g/mol. The van der Waals surface area contributed by atoms with Crippen LogP contribution in [0.5, 0.6) is 5.75 Å². The number of nitrogens with zero attached hydrogens (tertiary/aromatic N) is 3. The molecule has 1 unspecified atom stereocenters. The Morgan fingerprint density at radius 2 is 1.97 bits per heavy atom. The number of unbranched alkanes of at least 4 members (excludes halogenated alkanes) is 1. The van der Waals surface area contributed by atoms with Gasteiger partial charge >= 0.3 is 5.97 Å². The Hall–Kier alpha value is -2.81. The van der Waals surface area contributed by atoms with E-state index in [1.165, 1.54) is 19.3 Å². The standard InChI is InChI=1S/C28H44N4O5/c1-5-6-17-32(21-12-8-7-9-13-21)23(33)15-16-24(34)36-22-14-10-11-20-18-31(27(29)30-26(20)22)19-25(35)37-28(2,3)4/h10-11,14,21,24,34H,5-9,12-13,15-19H2,1-4H3,(H2,29,30). The van der Waals surface area contributed by atoms with E-state index in [9.17, 15) is 14.7 Å². The highest BCUT2D eigenvalue weighted by atomic mass is 16.6. The van der Waals surface area contributed by atoms with Crippen molar-refractivity contribution in [1.29, 1.82) is 0 Å². The molecule has 1 aliphatic heterocycles. The number of hydrogen-bond donors (Lipinski definition) is 2. The SMILES string of the molecule is CCCCN(C(=O)CCC(O)Oc1cccc2c1N=C(N)N(CC(=O)OC(C)(C)C)C2)C1CCCCC1. The second-order valence-electron chi connectivity index (χ2n) is 11.0. The Morgan fingerprint density at radius 1 is 1.24 bits per heavy atom. The number of benzene rings is 1. The van der Waals surface area contributed by atoms with Crippen LogP contribution in [0, 0.1) is 0 Å². The quantitative estimate of drug-likeness (QED) is 0.334. The fourth-order valence-corrected chi connectivity index (χ4v) is 4.88. The van der Waals surface area contributed by atoms with E-state index in [0.29, 0.717) is 24.0 Å². The van der Waals surface area contributed by atoms with Gasteiger partial charge in [0.25, 0.3) is 0 Å². The van der Waals surface area contributed by atoms with Crippen LogP contribution in [0.25, 0.3) is 0 Å². The zero-order chi connectivity index (χ0) is 27.0. The van der Waals surface area contributed by atoms with Gasteiger partial charge in [-0.15, -0.1) is 0 Å². The van der Waals surface area contributed by atoms with E-state index in [1.807, 2.05) is 37.8 Å².